The quantitative estimate of drug-likeness (QED) is 0.933. The van der Waals surface area contributed by atoms with Gasteiger partial charge in [0, 0.05) is 28.3 Å². The van der Waals surface area contributed by atoms with Crippen LogP contribution in [0.25, 0.3) is 0 Å². The van der Waals surface area contributed by atoms with Crippen LogP contribution in [0.5, 0.6) is 0 Å². The van der Waals surface area contributed by atoms with Gasteiger partial charge in [0.2, 0.25) is 0 Å². The maximum absolute atomic E-state index is 11.9. The Morgan fingerprint density at radius 3 is 2.71 bits per heavy atom. The van der Waals surface area contributed by atoms with Gasteiger partial charge < -0.3 is 9.63 Å². The maximum atomic E-state index is 11.9. The van der Waals surface area contributed by atoms with Crippen molar-refractivity contribution in [3.63, 3.8) is 0 Å². The molecule has 7 heteroatoms. The maximum Gasteiger partial charge on any atom is 0.175 e. The van der Waals surface area contributed by atoms with Crippen molar-refractivity contribution >= 4 is 21.4 Å². The molecule has 5 nitrogen and oxygen atoms in total. The number of sulfone groups is 1. The van der Waals surface area contributed by atoms with Crippen LogP contribution in [0.15, 0.2) is 33.8 Å². The zero-order chi connectivity index (χ0) is 15.2. The van der Waals surface area contributed by atoms with Gasteiger partial charge in [-0.2, -0.15) is 0 Å². The van der Waals surface area contributed by atoms with E-state index in [2.05, 4.69) is 5.16 Å². The molecule has 1 aromatic heterocycles. The molecule has 3 rings (SSSR count). The molecule has 0 spiro atoms. The van der Waals surface area contributed by atoms with E-state index in [1.807, 2.05) is 0 Å². The lowest BCUT2D eigenvalue weighted by Gasteiger charge is -2.14. The first-order valence-electron chi connectivity index (χ1n) is 6.50. The highest BCUT2D eigenvalue weighted by atomic mass is 35.5. The van der Waals surface area contributed by atoms with Gasteiger partial charge in [-0.1, -0.05) is 22.8 Å². The standard InChI is InChI=1S/C14H14ClNO4S/c1-21(18,19)12-6-9(15)4-5-10(12)13(17)11-7-16-20-14(11)8-2-3-8/h4-8,13,17H,2-3H2,1H3. The van der Waals surface area contributed by atoms with Crippen LogP contribution in [0, 0.1) is 0 Å². The Bertz CT molecular complexity index is 780. The molecule has 1 aliphatic rings. The average molecular weight is 328 g/mol. The zero-order valence-electron chi connectivity index (χ0n) is 11.3. The third-order valence-corrected chi connectivity index (χ3v) is 4.93. The van der Waals surface area contributed by atoms with E-state index in [9.17, 15) is 13.5 Å². The monoisotopic (exact) mass is 327 g/mol. The van der Waals surface area contributed by atoms with Crippen LogP contribution in [0.3, 0.4) is 0 Å². The van der Waals surface area contributed by atoms with Gasteiger partial charge in [0.25, 0.3) is 0 Å². The number of hydrogen-bond acceptors (Lipinski definition) is 5. The lowest BCUT2D eigenvalue weighted by atomic mass is 10.0. The normalized spacial score (nSPS) is 16.9. The van der Waals surface area contributed by atoms with Gasteiger partial charge in [-0.25, -0.2) is 8.42 Å². The summed E-state index contributed by atoms with van der Waals surface area (Å²) in [6.45, 7) is 0. The Morgan fingerprint density at radius 1 is 1.38 bits per heavy atom. The highest BCUT2D eigenvalue weighted by Gasteiger charge is 2.33. The smallest absolute Gasteiger partial charge is 0.175 e. The first-order valence-corrected chi connectivity index (χ1v) is 8.77. The van der Waals surface area contributed by atoms with E-state index >= 15 is 0 Å². The second-order valence-corrected chi connectivity index (χ2v) is 7.70. The molecule has 1 fully saturated rings. The van der Waals surface area contributed by atoms with E-state index in [4.69, 9.17) is 16.1 Å². The molecule has 21 heavy (non-hydrogen) atoms. The lowest BCUT2D eigenvalue weighted by molar-refractivity contribution is 0.213. The van der Waals surface area contributed by atoms with Gasteiger partial charge >= 0.3 is 0 Å². The highest BCUT2D eigenvalue weighted by Crippen LogP contribution is 2.44. The number of hydrogen-bond donors (Lipinski definition) is 1. The first-order chi connectivity index (χ1) is 9.88. The van der Waals surface area contributed by atoms with E-state index in [0.717, 1.165) is 19.1 Å². The number of aromatic nitrogens is 1. The van der Waals surface area contributed by atoms with Crippen LogP contribution in [0.4, 0.5) is 0 Å². The molecule has 112 valence electrons. The second-order valence-electron chi connectivity index (χ2n) is 5.28. The van der Waals surface area contributed by atoms with Crippen molar-refractivity contribution in [2.24, 2.45) is 0 Å². The zero-order valence-corrected chi connectivity index (χ0v) is 12.9. The SMILES string of the molecule is CS(=O)(=O)c1cc(Cl)ccc1C(O)c1cnoc1C1CC1. The Labute approximate surface area is 127 Å². The molecule has 1 aliphatic carbocycles. The molecular formula is C14H14ClNO4S. The molecule has 1 aromatic carbocycles. The van der Waals surface area contributed by atoms with Gasteiger partial charge in [0.1, 0.15) is 11.9 Å². The highest BCUT2D eigenvalue weighted by molar-refractivity contribution is 7.90. The van der Waals surface area contributed by atoms with Gasteiger partial charge in [-0.05, 0) is 25.0 Å². The predicted octanol–water partition coefficient (Wildman–Crippen LogP) is 2.69. The molecule has 1 atom stereocenters. The average Bonchev–Trinajstić information content (AvgIpc) is 3.14. The number of halogens is 1. The summed E-state index contributed by atoms with van der Waals surface area (Å²) >= 11 is 5.87. The van der Waals surface area contributed by atoms with Crippen LogP contribution in [-0.4, -0.2) is 24.9 Å². The second kappa shape index (κ2) is 5.12. The van der Waals surface area contributed by atoms with Crippen molar-refractivity contribution in [1.82, 2.24) is 5.16 Å². The van der Waals surface area contributed by atoms with E-state index < -0.39 is 15.9 Å². The Morgan fingerprint density at radius 2 is 2.10 bits per heavy atom. The number of benzene rings is 1. The summed E-state index contributed by atoms with van der Waals surface area (Å²) < 4.78 is 29.0. The minimum atomic E-state index is -3.51. The van der Waals surface area contributed by atoms with Gasteiger partial charge in [-0.15, -0.1) is 0 Å². The molecule has 0 saturated heterocycles. The first kappa shape index (κ1) is 14.6. The summed E-state index contributed by atoms with van der Waals surface area (Å²) in [6, 6.07) is 4.42. The van der Waals surface area contributed by atoms with Crippen molar-refractivity contribution in [2.45, 2.75) is 29.8 Å². The Balaban J connectivity index is 2.09. The van der Waals surface area contributed by atoms with Gasteiger partial charge in [0.05, 0.1) is 11.1 Å². The number of nitrogens with zero attached hydrogens (tertiary/aromatic N) is 1. The molecule has 1 N–H and O–H groups in total. The van der Waals surface area contributed by atoms with Crippen LogP contribution >= 0.6 is 11.6 Å². The fourth-order valence-electron chi connectivity index (χ4n) is 2.34. The lowest BCUT2D eigenvalue weighted by Crippen LogP contribution is -2.08. The third kappa shape index (κ3) is 2.84. The summed E-state index contributed by atoms with van der Waals surface area (Å²) in [5.41, 5.74) is 0.803. The molecular weight excluding hydrogens is 314 g/mol. The Kier molecular flexibility index (Phi) is 3.55. The fourth-order valence-corrected chi connectivity index (χ4v) is 3.53. The van der Waals surface area contributed by atoms with Crippen molar-refractivity contribution < 1.29 is 18.0 Å². The molecule has 0 amide bonds. The molecule has 1 saturated carbocycles. The molecule has 0 radical (unpaired) electrons. The molecule has 2 aromatic rings. The van der Waals surface area contributed by atoms with Crippen LogP contribution < -0.4 is 0 Å². The summed E-state index contributed by atoms with van der Waals surface area (Å²) in [4.78, 5) is 0.0189. The number of aliphatic hydroxyl groups excluding tert-OH is 1. The van der Waals surface area contributed by atoms with Crippen molar-refractivity contribution in [3.8, 4) is 0 Å². The van der Waals surface area contributed by atoms with E-state index in [1.165, 1.54) is 18.3 Å². The third-order valence-electron chi connectivity index (χ3n) is 3.54. The van der Waals surface area contributed by atoms with Gasteiger partial charge in [-0.3, -0.25) is 0 Å². The predicted molar refractivity (Wildman–Crippen MR) is 77.1 cm³/mol. The van der Waals surface area contributed by atoms with Crippen molar-refractivity contribution in [3.05, 3.63) is 46.3 Å². The van der Waals surface area contributed by atoms with E-state index in [1.54, 1.807) is 6.07 Å². The molecule has 1 unspecified atom stereocenters. The summed E-state index contributed by atoms with van der Waals surface area (Å²) in [7, 11) is -3.51. The number of aliphatic hydroxyl groups is 1. The molecule has 0 aliphatic heterocycles. The van der Waals surface area contributed by atoms with Crippen molar-refractivity contribution in [2.75, 3.05) is 6.26 Å². The van der Waals surface area contributed by atoms with Gasteiger partial charge in [0.15, 0.2) is 9.84 Å². The Hall–Kier alpha value is -1.37. The van der Waals surface area contributed by atoms with Crippen LogP contribution in [-0.2, 0) is 9.84 Å². The van der Waals surface area contributed by atoms with Crippen LogP contribution in [0.2, 0.25) is 5.02 Å². The molecule has 0 bridgehead atoms. The largest absolute Gasteiger partial charge is 0.383 e. The fraction of sp³-hybridized carbons (Fsp3) is 0.357. The van der Waals surface area contributed by atoms with Crippen molar-refractivity contribution in [1.29, 1.82) is 0 Å². The van der Waals surface area contributed by atoms with Crippen LogP contribution in [0.1, 0.15) is 41.8 Å². The summed E-state index contributed by atoms with van der Waals surface area (Å²) in [5, 5.41) is 14.6. The molecule has 1 heterocycles. The summed E-state index contributed by atoms with van der Waals surface area (Å²) in [6.07, 6.45) is 3.42. The minimum absolute atomic E-state index is 0.0189. The summed E-state index contributed by atoms with van der Waals surface area (Å²) in [5.74, 6) is 0.906. The minimum Gasteiger partial charge on any atom is -0.383 e. The van der Waals surface area contributed by atoms with E-state index in [-0.39, 0.29) is 16.4 Å². The number of rotatable bonds is 4. The topological polar surface area (TPSA) is 80.4 Å². The van der Waals surface area contributed by atoms with E-state index in [0.29, 0.717) is 16.3 Å².